The molecule has 1 saturated heterocycles. The second-order valence-electron chi connectivity index (χ2n) is 6.54. The molecule has 2 amide bonds. The first-order chi connectivity index (χ1) is 13.2. The molecule has 2 aromatic carbocycles. The fourth-order valence-electron chi connectivity index (χ4n) is 2.90. The Bertz CT molecular complexity index is 741. The van der Waals surface area contributed by atoms with Gasteiger partial charge in [-0.1, -0.05) is 30.3 Å². The zero-order valence-electron chi connectivity index (χ0n) is 15.2. The Kier molecular flexibility index (Phi) is 6.82. The van der Waals surface area contributed by atoms with Gasteiger partial charge in [0.2, 0.25) is 5.91 Å². The van der Waals surface area contributed by atoms with E-state index < -0.39 is 0 Å². The van der Waals surface area contributed by atoms with Crippen LogP contribution in [0.25, 0.3) is 0 Å². The number of benzene rings is 2. The van der Waals surface area contributed by atoms with E-state index in [9.17, 15) is 9.59 Å². The summed E-state index contributed by atoms with van der Waals surface area (Å²) in [5.74, 6) is -0.199. The van der Waals surface area contributed by atoms with E-state index in [-0.39, 0.29) is 24.5 Å². The summed E-state index contributed by atoms with van der Waals surface area (Å²) >= 11 is 0. The molecule has 1 aliphatic heterocycles. The molecule has 27 heavy (non-hydrogen) atoms. The van der Waals surface area contributed by atoms with Crippen molar-refractivity contribution >= 4 is 17.5 Å². The third-order valence-electron chi connectivity index (χ3n) is 4.45. The van der Waals surface area contributed by atoms with Crippen LogP contribution in [0, 0.1) is 0 Å². The van der Waals surface area contributed by atoms with Crippen LogP contribution < -0.4 is 16.0 Å². The number of hydrogen-bond acceptors (Lipinski definition) is 4. The molecule has 1 atom stereocenters. The van der Waals surface area contributed by atoms with Gasteiger partial charge >= 0.3 is 0 Å². The van der Waals surface area contributed by atoms with Crippen LogP contribution >= 0.6 is 0 Å². The van der Waals surface area contributed by atoms with Crippen LogP contribution in [0.15, 0.2) is 54.6 Å². The second-order valence-corrected chi connectivity index (χ2v) is 6.54. The lowest BCUT2D eigenvalue weighted by molar-refractivity contribution is -0.119. The predicted molar refractivity (Wildman–Crippen MR) is 105 cm³/mol. The maximum absolute atomic E-state index is 12.2. The van der Waals surface area contributed by atoms with Crippen molar-refractivity contribution in [1.82, 2.24) is 10.6 Å². The smallest absolute Gasteiger partial charge is 0.251 e. The van der Waals surface area contributed by atoms with Crippen molar-refractivity contribution in [2.45, 2.75) is 25.5 Å². The highest BCUT2D eigenvalue weighted by atomic mass is 16.5. The first kappa shape index (κ1) is 18.9. The van der Waals surface area contributed by atoms with Crippen molar-refractivity contribution in [2.24, 2.45) is 0 Å². The molecule has 0 radical (unpaired) electrons. The molecule has 0 aromatic heterocycles. The number of carbonyl (C=O) groups is 2. The average molecular weight is 367 g/mol. The molecule has 0 spiro atoms. The number of rotatable bonds is 8. The summed E-state index contributed by atoms with van der Waals surface area (Å²) in [4.78, 5) is 24.1. The van der Waals surface area contributed by atoms with Crippen molar-refractivity contribution < 1.29 is 14.3 Å². The van der Waals surface area contributed by atoms with Gasteiger partial charge in [-0.25, -0.2) is 0 Å². The van der Waals surface area contributed by atoms with E-state index in [1.165, 1.54) is 0 Å². The summed E-state index contributed by atoms with van der Waals surface area (Å²) in [6, 6.07) is 16.8. The van der Waals surface area contributed by atoms with Crippen molar-refractivity contribution in [3.63, 3.8) is 0 Å². The summed E-state index contributed by atoms with van der Waals surface area (Å²) in [6.45, 7) is 2.02. The van der Waals surface area contributed by atoms with Gasteiger partial charge in [0.25, 0.3) is 5.91 Å². The summed E-state index contributed by atoms with van der Waals surface area (Å²) in [5, 5.41) is 8.82. The molecule has 1 aliphatic rings. The van der Waals surface area contributed by atoms with Crippen molar-refractivity contribution in [2.75, 3.05) is 25.0 Å². The van der Waals surface area contributed by atoms with Crippen LogP contribution in [0.2, 0.25) is 0 Å². The first-order valence-electron chi connectivity index (χ1n) is 9.25. The largest absolute Gasteiger partial charge is 0.376 e. The normalized spacial score (nSPS) is 15.9. The van der Waals surface area contributed by atoms with Gasteiger partial charge in [-0.05, 0) is 42.7 Å². The number of nitrogens with one attached hydrogen (secondary N) is 3. The number of anilines is 1. The topological polar surface area (TPSA) is 79.5 Å². The van der Waals surface area contributed by atoms with Gasteiger partial charge in [-0.15, -0.1) is 0 Å². The number of amides is 2. The minimum atomic E-state index is -0.125. The van der Waals surface area contributed by atoms with Crippen LogP contribution in [-0.2, 0) is 16.1 Å². The van der Waals surface area contributed by atoms with Crippen LogP contribution in [0.5, 0.6) is 0 Å². The van der Waals surface area contributed by atoms with E-state index in [4.69, 9.17) is 4.74 Å². The van der Waals surface area contributed by atoms with Crippen molar-refractivity contribution in [1.29, 1.82) is 0 Å². The lowest BCUT2D eigenvalue weighted by Crippen LogP contribution is -2.35. The van der Waals surface area contributed by atoms with Crippen LogP contribution in [0.4, 0.5) is 5.69 Å². The van der Waals surface area contributed by atoms with Crippen molar-refractivity contribution in [3.05, 3.63) is 65.7 Å². The molecule has 2 aromatic rings. The third kappa shape index (κ3) is 6.11. The molecule has 1 unspecified atom stereocenters. The van der Waals surface area contributed by atoms with Gasteiger partial charge < -0.3 is 20.7 Å². The highest BCUT2D eigenvalue weighted by Crippen LogP contribution is 2.11. The second kappa shape index (κ2) is 9.73. The van der Waals surface area contributed by atoms with Gasteiger partial charge in [0.05, 0.1) is 12.6 Å². The molecular formula is C21H25N3O3. The van der Waals surface area contributed by atoms with E-state index in [0.29, 0.717) is 18.7 Å². The number of ether oxygens (including phenoxy) is 1. The summed E-state index contributed by atoms with van der Waals surface area (Å²) in [6.07, 6.45) is 2.20. The van der Waals surface area contributed by atoms with E-state index in [2.05, 4.69) is 16.0 Å². The minimum absolute atomic E-state index is 0.0739. The Labute approximate surface area is 159 Å². The molecule has 0 saturated carbocycles. The zero-order valence-corrected chi connectivity index (χ0v) is 15.2. The van der Waals surface area contributed by atoms with E-state index >= 15 is 0 Å². The Morgan fingerprint density at radius 3 is 2.48 bits per heavy atom. The molecule has 0 aliphatic carbocycles. The Hall–Kier alpha value is -2.86. The van der Waals surface area contributed by atoms with Gasteiger partial charge in [0.15, 0.2) is 0 Å². The Morgan fingerprint density at radius 2 is 1.78 bits per heavy atom. The Balaban J connectivity index is 1.39. The Morgan fingerprint density at radius 1 is 1.00 bits per heavy atom. The highest BCUT2D eigenvalue weighted by Gasteiger charge is 2.15. The molecule has 3 rings (SSSR count). The van der Waals surface area contributed by atoms with E-state index in [0.717, 1.165) is 30.7 Å². The maximum Gasteiger partial charge on any atom is 0.251 e. The molecule has 6 nitrogen and oxygen atoms in total. The highest BCUT2D eigenvalue weighted by molar-refractivity contribution is 5.94. The van der Waals surface area contributed by atoms with Crippen molar-refractivity contribution in [3.8, 4) is 0 Å². The van der Waals surface area contributed by atoms with E-state index in [1.807, 2.05) is 30.3 Å². The molecule has 1 fully saturated rings. The number of carbonyl (C=O) groups excluding carboxylic acids is 2. The number of hydrogen-bond donors (Lipinski definition) is 3. The molecule has 0 bridgehead atoms. The monoisotopic (exact) mass is 367 g/mol. The molecule has 3 N–H and O–H groups in total. The zero-order chi connectivity index (χ0) is 18.9. The van der Waals surface area contributed by atoms with Gasteiger partial charge in [-0.2, -0.15) is 0 Å². The van der Waals surface area contributed by atoms with Gasteiger partial charge in [0, 0.05) is 30.9 Å². The maximum atomic E-state index is 12.2. The predicted octanol–water partition coefficient (Wildman–Crippen LogP) is 2.32. The quantitative estimate of drug-likeness (QED) is 0.669. The van der Waals surface area contributed by atoms with E-state index in [1.54, 1.807) is 24.3 Å². The fraction of sp³-hybridized carbons (Fsp3) is 0.333. The molecule has 1 heterocycles. The summed E-state index contributed by atoms with van der Waals surface area (Å²) in [7, 11) is 0. The summed E-state index contributed by atoms with van der Waals surface area (Å²) in [5.41, 5.74) is 2.43. The SMILES string of the molecule is O=C(CNc1ccc(C(=O)NCc2ccccc2)cc1)NCC1CCCO1. The average Bonchev–Trinajstić information content (AvgIpc) is 3.24. The standard InChI is InChI=1S/C21H25N3O3/c25-20(23-14-19-7-4-12-27-19)15-22-18-10-8-17(9-11-18)21(26)24-13-16-5-2-1-3-6-16/h1-3,5-6,8-11,19,22H,4,7,12-15H2,(H,23,25)(H,24,26). The third-order valence-corrected chi connectivity index (χ3v) is 4.45. The lowest BCUT2D eigenvalue weighted by atomic mass is 10.1. The minimum Gasteiger partial charge on any atom is -0.376 e. The van der Waals surface area contributed by atoms with Crippen LogP contribution in [-0.4, -0.2) is 37.6 Å². The fourth-order valence-corrected chi connectivity index (χ4v) is 2.90. The lowest BCUT2D eigenvalue weighted by Gasteiger charge is -2.12. The van der Waals surface area contributed by atoms with Gasteiger partial charge in [-0.3, -0.25) is 9.59 Å². The molecular weight excluding hydrogens is 342 g/mol. The van der Waals surface area contributed by atoms with Gasteiger partial charge in [0.1, 0.15) is 0 Å². The van der Waals surface area contributed by atoms with Crippen LogP contribution in [0.3, 0.4) is 0 Å². The molecule has 142 valence electrons. The first-order valence-corrected chi connectivity index (χ1v) is 9.25. The van der Waals surface area contributed by atoms with Crippen LogP contribution in [0.1, 0.15) is 28.8 Å². The summed E-state index contributed by atoms with van der Waals surface area (Å²) < 4.78 is 5.48. The molecule has 6 heteroatoms.